The number of ether oxygens (including phenoxy) is 1. The van der Waals surface area contributed by atoms with Crippen molar-refractivity contribution in [2.24, 2.45) is 0 Å². The van der Waals surface area contributed by atoms with Gasteiger partial charge in [-0.05, 0) is 38.1 Å². The van der Waals surface area contributed by atoms with Crippen molar-refractivity contribution in [1.29, 1.82) is 0 Å². The molecule has 1 saturated heterocycles. The van der Waals surface area contributed by atoms with Crippen LogP contribution in [-0.4, -0.2) is 69.9 Å². The monoisotopic (exact) mass is 477 g/mol. The molecule has 0 spiro atoms. The molecule has 2 heterocycles. The standard InChI is InChI=1S/C23H28FN5O3.ClH/c1-16(2)32-22-8-7-17(24)13-21(22)28-11-9-27(10-12-28)14-18(30)15-29-23(31)19-5-3-4-6-20(19)25-26-29;/h3-8,13,16,18,30H,9-12,14-15H2,1-2H3;1H. The molecule has 0 aliphatic carbocycles. The molecule has 1 N–H and O–H groups in total. The van der Waals surface area contributed by atoms with Gasteiger partial charge in [-0.1, -0.05) is 17.3 Å². The fourth-order valence-electron chi connectivity index (χ4n) is 3.96. The van der Waals surface area contributed by atoms with Gasteiger partial charge in [-0.25, -0.2) is 9.07 Å². The Morgan fingerprint density at radius 1 is 1.09 bits per heavy atom. The number of hydrogen-bond donors (Lipinski definition) is 1. The second-order valence-electron chi connectivity index (χ2n) is 8.31. The number of aromatic nitrogens is 3. The quantitative estimate of drug-likeness (QED) is 0.559. The Hall–Kier alpha value is -2.75. The number of β-amino-alcohol motifs (C(OH)–C–C–N with tert-alkyl or cyclic N) is 1. The molecular formula is C23H29ClFN5O3. The van der Waals surface area contributed by atoms with Gasteiger partial charge in [0.25, 0.3) is 5.56 Å². The van der Waals surface area contributed by atoms with Crippen molar-refractivity contribution in [2.45, 2.75) is 32.6 Å². The molecule has 0 saturated carbocycles. The van der Waals surface area contributed by atoms with E-state index in [1.165, 1.54) is 16.8 Å². The van der Waals surface area contributed by atoms with E-state index in [-0.39, 0.29) is 36.4 Å². The summed E-state index contributed by atoms with van der Waals surface area (Å²) in [6, 6.07) is 11.6. The van der Waals surface area contributed by atoms with Gasteiger partial charge in [-0.15, -0.1) is 17.5 Å². The summed E-state index contributed by atoms with van der Waals surface area (Å²) >= 11 is 0. The van der Waals surface area contributed by atoms with Crippen LogP contribution >= 0.6 is 12.4 Å². The van der Waals surface area contributed by atoms with Gasteiger partial charge in [0.05, 0.1) is 29.8 Å². The third-order valence-electron chi connectivity index (χ3n) is 5.48. The van der Waals surface area contributed by atoms with E-state index in [9.17, 15) is 14.3 Å². The first kappa shape index (κ1) is 24.9. The van der Waals surface area contributed by atoms with Crippen LogP contribution < -0.4 is 15.2 Å². The summed E-state index contributed by atoms with van der Waals surface area (Å²) in [5, 5.41) is 19.1. The van der Waals surface area contributed by atoms with Crippen molar-refractivity contribution in [3.05, 3.63) is 58.6 Å². The van der Waals surface area contributed by atoms with E-state index in [2.05, 4.69) is 20.1 Å². The zero-order chi connectivity index (χ0) is 22.7. The fraction of sp³-hybridized carbons (Fsp3) is 0.435. The maximum atomic E-state index is 13.9. The lowest BCUT2D eigenvalue weighted by atomic mass is 10.2. The first-order chi connectivity index (χ1) is 15.4. The van der Waals surface area contributed by atoms with Gasteiger partial charge in [0.15, 0.2) is 0 Å². The van der Waals surface area contributed by atoms with E-state index in [0.29, 0.717) is 49.4 Å². The Bertz CT molecular complexity index is 1130. The van der Waals surface area contributed by atoms with Crippen LogP contribution in [0.5, 0.6) is 5.75 Å². The molecule has 8 nitrogen and oxygen atoms in total. The van der Waals surface area contributed by atoms with Gasteiger partial charge in [0, 0.05) is 38.8 Å². The van der Waals surface area contributed by atoms with Crippen LogP contribution in [0.25, 0.3) is 10.9 Å². The van der Waals surface area contributed by atoms with E-state index >= 15 is 0 Å². The Kier molecular flexibility index (Phi) is 8.23. The molecule has 2 aromatic carbocycles. The van der Waals surface area contributed by atoms with E-state index < -0.39 is 6.10 Å². The highest BCUT2D eigenvalue weighted by Gasteiger charge is 2.23. The lowest BCUT2D eigenvalue weighted by Crippen LogP contribution is -2.49. The second kappa shape index (κ2) is 10.9. The predicted molar refractivity (Wildman–Crippen MR) is 128 cm³/mol. The maximum Gasteiger partial charge on any atom is 0.277 e. The van der Waals surface area contributed by atoms with Crippen molar-refractivity contribution in [2.75, 3.05) is 37.6 Å². The second-order valence-corrected chi connectivity index (χ2v) is 8.31. The first-order valence-corrected chi connectivity index (χ1v) is 10.8. The molecule has 33 heavy (non-hydrogen) atoms. The number of hydrogen-bond acceptors (Lipinski definition) is 7. The number of anilines is 1. The van der Waals surface area contributed by atoms with Crippen LogP contribution in [0.4, 0.5) is 10.1 Å². The summed E-state index contributed by atoms with van der Waals surface area (Å²) < 4.78 is 20.9. The molecule has 178 valence electrons. The first-order valence-electron chi connectivity index (χ1n) is 10.8. The van der Waals surface area contributed by atoms with Crippen molar-refractivity contribution >= 4 is 29.0 Å². The lowest BCUT2D eigenvalue weighted by Gasteiger charge is -2.37. The molecule has 1 aromatic heterocycles. The topological polar surface area (TPSA) is 83.7 Å². The molecule has 0 bridgehead atoms. The zero-order valence-electron chi connectivity index (χ0n) is 18.7. The Balaban J connectivity index is 0.00000306. The summed E-state index contributed by atoms with van der Waals surface area (Å²) in [5.74, 6) is 0.375. The molecule has 4 rings (SSSR count). The van der Waals surface area contributed by atoms with Gasteiger partial charge in [-0.3, -0.25) is 9.69 Å². The highest BCUT2D eigenvalue weighted by Crippen LogP contribution is 2.31. The number of benzene rings is 2. The van der Waals surface area contributed by atoms with E-state index in [4.69, 9.17) is 4.74 Å². The highest BCUT2D eigenvalue weighted by atomic mass is 35.5. The Morgan fingerprint density at radius 2 is 1.82 bits per heavy atom. The van der Waals surface area contributed by atoms with E-state index in [1.54, 1.807) is 30.3 Å². The van der Waals surface area contributed by atoms with Gasteiger partial charge < -0.3 is 14.7 Å². The number of piperazine rings is 1. The van der Waals surface area contributed by atoms with Crippen molar-refractivity contribution in [3.8, 4) is 5.75 Å². The molecule has 1 fully saturated rings. The van der Waals surface area contributed by atoms with Crippen LogP contribution in [0.3, 0.4) is 0 Å². The summed E-state index contributed by atoms with van der Waals surface area (Å²) in [6.45, 7) is 7.14. The number of nitrogens with zero attached hydrogens (tertiary/aromatic N) is 5. The van der Waals surface area contributed by atoms with Gasteiger partial charge in [-0.2, -0.15) is 0 Å². The van der Waals surface area contributed by atoms with Crippen molar-refractivity contribution < 1.29 is 14.2 Å². The van der Waals surface area contributed by atoms with Crippen LogP contribution in [-0.2, 0) is 6.54 Å². The van der Waals surface area contributed by atoms with Crippen LogP contribution in [0, 0.1) is 5.82 Å². The smallest absolute Gasteiger partial charge is 0.277 e. The minimum Gasteiger partial charge on any atom is -0.489 e. The zero-order valence-corrected chi connectivity index (χ0v) is 19.5. The molecule has 1 aliphatic rings. The van der Waals surface area contributed by atoms with Crippen molar-refractivity contribution in [3.63, 3.8) is 0 Å². The van der Waals surface area contributed by atoms with Crippen LogP contribution in [0.2, 0.25) is 0 Å². The largest absolute Gasteiger partial charge is 0.489 e. The van der Waals surface area contributed by atoms with Gasteiger partial charge in [0.1, 0.15) is 17.1 Å². The molecular weight excluding hydrogens is 449 g/mol. The van der Waals surface area contributed by atoms with E-state index in [1.807, 2.05) is 13.8 Å². The number of aliphatic hydroxyl groups excluding tert-OH is 1. The highest BCUT2D eigenvalue weighted by molar-refractivity contribution is 5.85. The third kappa shape index (κ3) is 5.98. The number of aliphatic hydroxyl groups is 1. The van der Waals surface area contributed by atoms with Crippen molar-refractivity contribution in [1.82, 2.24) is 19.9 Å². The minimum absolute atomic E-state index is 0. The molecule has 1 atom stereocenters. The van der Waals surface area contributed by atoms with Gasteiger partial charge in [0.2, 0.25) is 0 Å². The van der Waals surface area contributed by atoms with Gasteiger partial charge >= 0.3 is 0 Å². The van der Waals surface area contributed by atoms with E-state index in [0.717, 1.165) is 5.69 Å². The number of fused-ring (bicyclic) bond motifs is 1. The number of halogens is 2. The summed E-state index contributed by atoms with van der Waals surface area (Å²) in [7, 11) is 0. The molecule has 3 aromatic rings. The summed E-state index contributed by atoms with van der Waals surface area (Å²) in [4.78, 5) is 16.8. The lowest BCUT2D eigenvalue weighted by molar-refractivity contribution is 0.0900. The SMILES string of the molecule is CC(C)Oc1ccc(F)cc1N1CCN(CC(O)Cn2nnc3ccccc3c2=O)CC1.Cl. The third-order valence-corrected chi connectivity index (χ3v) is 5.48. The average Bonchev–Trinajstić information content (AvgIpc) is 2.77. The fourth-order valence-corrected chi connectivity index (χ4v) is 3.96. The summed E-state index contributed by atoms with van der Waals surface area (Å²) in [6.07, 6.45) is -0.763. The molecule has 1 unspecified atom stereocenters. The number of rotatable bonds is 7. The maximum absolute atomic E-state index is 13.9. The Morgan fingerprint density at radius 3 is 2.55 bits per heavy atom. The Labute approximate surface area is 198 Å². The molecule has 10 heteroatoms. The average molecular weight is 478 g/mol. The molecule has 0 amide bonds. The minimum atomic E-state index is -0.760. The normalized spacial score (nSPS) is 15.5. The van der Waals surface area contributed by atoms with Crippen LogP contribution in [0.1, 0.15) is 13.8 Å². The van der Waals surface area contributed by atoms with Crippen LogP contribution in [0.15, 0.2) is 47.3 Å². The molecule has 1 aliphatic heterocycles. The molecule has 0 radical (unpaired) electrons. The summed E-state index contributed by atoms with van der Waals surface area (Å²) in [5.41, 5.74) is 1.03. The predicted octanol–water partition coefficient (Wildman–Crippen LogP) is 2.32.